The van der Waals surface area contributed by atoms with Crippen LogP contribution in [0.15, 0.2) is 0 Å². The number of rotatable bonds is 6. The van der Waals surface area contributed by atoms with Crippen molar-refractivity contribution < 1.29 is 9.53 Å². The van der Waals surface area contributed by atoms with Crippen LogP contribution in [0.4, 0.5) is 17.3 Å². The largest absolute Gasteiger partial charge is 0.382 e. The highest BCUT2D eigenvalue weighted by molar-refractivity contribution is 5.81. The maximum Gasteiger partial charge on any atom is 0.249 e. The maximum atomic E-state index is 12.1. The molecular formula is C24H41N7O2. The van der Waals surface area contributed by atoms with E-state index in [2.05, 4.69) is 37.8 Å². The molecule has 1 saturated carbocycles. The molecule has 0 spiro atoms. The zero-order valence-electron chi connectivity index (χ0n) is 20.8. The van der Waals surface area contributed by atoms with Crippen molar-refractivity contribution in [1.29, 1.82) is 0 Å². The quantitative estimate of drug-likeness (QED) is 0.479. The molecule has 9 heteroatoms. The second kappa shape index (κ2) is 13.9. The van der Waals surface area contributed by atoms with Crippen molar-refractivity contribution in [2.24, 2.45) is 5.92 Å². The summed E-state index contributed by atoms with van der Waals surface area (Å²) in [6.45, 7) is 2.49. The third-order valence-corrected chi connectivity index (χ3v) is 5.89. The molecule has 1 aromatic rings. The summed E-state index contributed by atoms with van der Waals surface area (Å²) in [6.07, 6.45) is 8.05. The lowest BCUT2D eigenvalue weighted by Crippen LogP contribution is -2.38. The molecule has 9 nitrogen and oxygen atoms in total. The van der Waals surface area contributed by atoms with Crippen LogP contribution in [-0.4, -0.2) is 62.9 Å². The van der Waals surface area contributed by atoms with Gasteiger partial charge in [-0.1, -0.05) is 25.2 Å². The molecule has 0 radical (unpaired) electrons. The highest BCUT2D eigenvalue weighted by atomic mass is 16.5. The standard InChI is InChI=1S/C22H34N6O2.C2H7N/c1-4-25-22(29)16-13-14-18(30-16)28(3)21-19(24-2)20(23)26-17(27-21)12-8-11-15-9-6-5-7-10-15;1-3-2/h15-16,18,24H,4-7,9-11,13-14H2,1-3H3,(H,25,29)(H2,23,26,27);3H,1-2H3. The van der Waals surface area contributed by atoms with E-state index >= 15 is 0 Å². The van der Waals surface area contributed by atoms with Gasteiger partial charge in [-0.05, 0) is 58.5 Å². The third-order valence-electron chi connectivity index (χ3n) is 5.89. The molecule has 2 unspecified atom stereocenters. The van der Waals surface area contributed by atoms with E-state index in [1.165, 1.54) is 32.1 Å². The predicted molar refractivity (Wildman–Crippen MR) is 134 cm³/mol. The third kappa shape index (κ3) is 7.76. The Hall–Kier alpha value is -2.57. The highest BCUT2D eigenvalue weighted by Crippen LogP contribution is 2.32. The number of nitrogens with zero attached hydrogens (tertiary/aromatic N) is 3. The molecular weight excluding hydrogens is 418 g/mol. The fourth-order valence-electron chi connectivity index (χ4n) is 4.20. The molecule has 2 fully saturated rings. The van der Waals surface area contributed by atoms with Gasteiger partial charge in [-0.25, -0.2) is 9.97 Å². The van der Waals surface area contributed by atoms with Gasteiger partial charge in [0.05, 0.1) is 0 Å². The normalized spacial score (nSPS) is 20.2. The molecule has 1 amide bonds. The Kier molecular flexibility index (Phi) is 11.2. The number of hydrogen-bond acceptors (Lipinski definition) is 8. The minimum absolute atomic E-state index is 0.0706. The van der Waals surface area contributed by atoms with Crippen LogP contribution in [0, 0.1) is 17.8 Å². The van der Waals surface area contributed by atoms with E-state index in [0.717, 1.165) is 12.8 Å². The summed E-state index contributed by atoms with van der Waals surface area (Å²) in [7, 11) is 7.43. The van der Waals surface area contributed by atoms with E-state index in [4.69, 9.17) is 10.5 Å². The maximum absolute atomic E-state index is 12.1. The Balaban J connectivity index is 0.00000122. The first-order chi connectivity index (χ1) is 15.9. The van der Waals surface area contributed by atoms with Crippen molar-refractivity contribution in [2.45, 2.75) is 70.6 Å². The van der Waals surface area contributed by atoms with Crippen LogP contribution in [-0.2, 0) is 9.53 Å². The topological polar surface area (TPSA) is 117 Å². The Morgan fingerprint density at radius 1 is 1.15 bits per heavy atom. The summed E-state index contributed by atoms with van der Waals surface area (Å²) in [6, 6.07) is 0. The van der Waals surface area contributed by atoms with Gasteiger partial charge in [0.25, 0.3) is 0 Å². The zero-order valence-corrected chi connectivity index (χ0v) is 20.8. The van der Waals surface area contributed by atoms with Gasteiger partial charge in [-0.2, -0.15) is 0 Å². The van der Waals surface area contributed by atoms with E-state index in [1.54, 1.807) is 7.05 Å². The number of likely N-dealkylation sites (N-methyl/N-ethyl adjacent to an activating group) is 1. The van der Waals surface area contributed by atoms with E-state index in [0.29, 0.717) is 42.0 Å². The van der Waals surface area contributed by atoms with Gasteiger partial charge in [-0.3, -0.25) is 4.79 Å². The van der Waals surface area contributed by atoms with Gasteiger partial charge < -0.3 is 31.3 Å². The molecule has 0 bridgehead atoms. The number of amides is 1. The summed E-state index contributed by atoms with van der Waals surface area (Å²) < 4.78 is 5.98. The molecule has 0 aromatic carbocycles. The molecule has 2 aliphatic rings. The summed E-state index contributed by atoms with van der Waals surface area (Å²) in [5, 5.41) is 8.65. The molecule has 2 heterocycles. The SMILES string of the molecule is CCNC(=O)C1CCC(N(C)c2nc(C#CCC3CCCCC3)nc(N)c2NC)O1.CNC. The van der Waals surface area contributed by atoms with Crippen molar-refractivity contribution in [3.05, 3.63) is 5.82 Å². The van der Waals surface area contributed by atoms with Crippen molar-refractivity contribution in [3.8, 4) is 11.8 Å². The average molecular weight is 460 g/mol. The average Bonchev–Trinajstić information content (AvgIpc) is 3.30. The van der Waals surface area contributed by atoms with Crippen LogP contribution >= 0.6 is 0 Å². The number of nitrogens with two attached hydrogens (primary N) is 1. The van der Waals surface area contributed by atoms with Gasteiger partial charge >= 0.3 is 0 Å². The minimum Gasteiger partial charge on any atom is -0.382 e. The summed E-state index contributed by atoms with van der Waals surface area (Å²) in [4.78, 5) is 23.0. The smallest absolute Gasteiger partial charge is 0.249 e. The van der Waals surface area contributed by atoms with Gasteiger partial charge in [0, 0.05) is 27.1 Å². The second-order valence-corrected chi connectivity index (χ2v) is 8.55. The fourth-order valence-corrected chi connectivity index (χ4v) is 4.20. The molecule has 2 atom stereocenters. The first-order valence-corrected chi connectivity index (χ1v) is 12.0. The minimum atomic E-state index is -0.440. The first kappa shape index (κ1) is 26.7. The van der Waals surface area contributed by atoms with Crippen LogP contribution in [0.5, 0.6) is 0 Å². The number of carbonyl (C=O) groups is 1. The lowest BCUT2D eigenvalue weighted by Gasteiger charge is -2.27. The Morgan fingerprint density at radius 2 is 1.85 bits per heavy atom. The Morgan fingerprint density at radius 3 is 2.48 bits per heavy atom. The van der Waals surface area contributed by atoms with Crippen LogP contribution in [0.2, 0.25) is 0 Å². The summed E-state index contributed by atoms with van der Waals surface area (Å²) in [5.74, 6) is 8.37. The van der Waals surface area contributed by atoms with E-state index in [1.807, 2.05) is 33.0 Å². The van der Waals surface area contributed by atoms with E-state index < -0.39 is 6.10 Å². The molecule has 5 N–H and O–H groups in total. The lowest BCUT2D eigenvalue weighted by atomic mass is 9.87. The molecule has 1 saturated heterocycles. The zero-order chi connectivity index (χ0) is 24.2. The number of aromatic nitrogens is 2. The van der Waals surface area contributed by atoms with Gasteiger partial charge in [0.1, 0.15) is 18.0 Å². The first-order valence-electron chi connectivity index (χ1n) is 12.0. The molecule has 33 heavy (non-hydrogen) atoms. The number of hydrogen-bond donors (Lipinski definition) is 4. The Bertz CT molecular complexity index is 815. The van der Waals surface area contributed by atoms with Crippen LogP contribution in [0.1, 0.15) is 64.1 Å². The molecule has 184 valence electrons. The monoisotopic (exact) mass is 459 g/mol. The molecule has 3 rings (SSSR count). The van der Waals surface area contributed by atoms with Crippen LogP contribution in [0.25, 0.3) is 0 Å². The lowest BCUT2D eigenvalue weighted by molar-refractivity contribution is -0.131. The van der Waals surface area contributed by atoms with Crippen molar-refractivity contribution in [3.63, 3.8) is 0 Å². The fraction of sp³-hybridized carbons (Fsp3) is 0.708. The molecule has 1 aliphatic heterocycles. The van der Waals surface area contributed by atoms with Crippen LogP contribution < -0.4 is 26.6 Å². The predicted octanol–water partition coefficient (Wildman–Crippen LogP) is 2.34. The number of anilines is 3. The van der Waals surface area contributed by atoms with Crippen molar-refractivity contribution in [1.82, 2.24) is 20.6 Å². The number of carbonyl (C=O) groups excluding carboxylic acids is 1. The summed E-state index contributed by atoms with van der Waals surface area (Å²) in [5.41, 5.74) is 6.83. The van der Waals surface area contributed by atoms with Gasteiger partial charge in [0.15, 0.2) is 11.6 Å². The van der Waals surface area contributed by atoms with E-state index in [-0.39, 0.29) is 12.1 Å². The van der Waals surface area contributed by atoms with Gasteiger partial charge in [-0.15, -0.1) is 0 Å². The molecule has 1 aromatic heterocycles. The van der Waals surface area contributed by atoms with Crippen molar-refractivity contribution in [2.75, 3.05) is 50.7 Å². The number of nitrogens with one attached hydrogen (secondary N) is 3. The van der Waals surface area contributed by atoms with Crippen LogP contribution in [0.3, 0.4) is 0 Å². The second-order valence-electron chi connectivity index (χ2n) is 8.55. The number of nitrogen functional groups attached to an aromatic ring is 1. The summed E-state index contributed by atoms with van der Waals surface area (Å²) >= 11 is 0. The van der Waals surface area contributed by atoms with Crippen molar-refractivity contribution >= 4 is 23.2 Å². The Labute approximate surface area is 198 Å². The molecule has 1 aliphatic carbocycles. The number of ether oxygens (including phenoxy) is 1. The van der Waals surface area contributed by atoms with E-state index in [9.17, 15) is 4.79 Å². The highest BCUT2D eigenvalue weighted by Gasteiger charge is 2.34. The van der Waals surface area contributed by atoms with Gasteiger partial charge in [0.2, 0.25) is 11.7 Å².